The van der Waals surface area contributed by atoms with Gasteiger partial charge in [-0.25, -0.2) is 0 Å². The van der Waals surface area contributed by atoms with Crippen molar-refractivity contribution in [2.24, 2.45) is 0 Å². The lowest BCUT2D eigenvalue weighted by Gasteiger charge is -2.23. The lowest BCUT2D eigenvalue weighted by atomic mass is 10.2. The summed E-state index contributed by atoms with van der Waals surface area (Å²) in [4.78, 5) is 10.5. The molecule has 0 aromatic heterocycles. The average molecular weight is 177 g/mol. The van der Waals surface area contributed by atoms with Gasteiger partial charge in [-0.1, -0.05) is 6.58 Å². The van der Waals surface area contributed by atoms with Crippen molar-refractivity contribution in [3.8, 4) is 0 Å². The van der Waals surface area contributed by atoms with Crippen LogP contribution in [-0.4, -0.2) is 37.4 Å². The van der Waals surface area contributed by atoms with Crippen molar-refractivity contribution in [3.05, 3.63) is 12.2 Å². The highest BCUT2D eigenvalue weighted by atomic mass is 35.5. The summed E-state index contributed by atoms with van der Waals surface area (Å²) in [6.07, 6.45) is 0.672. The zero-order valence-electron chi connectivity index (χ0n) is 7.35. The molecule has 0 atom stereocenters. The molecule has 0 fully saturated rings. The van der Waals surface area contributed by atoms with Gasteiger partial charge >= 0.3 is 0 Å². The van der Waals surface area contributed by atoms with E-state index in [0.717, 1.165) is 11.0 Å². The third kappa shape index (κ3) is 6.07. The lowest BCUT2D eigenvalue weighted by molar-refractivity contribution is -0.870. The summed E-state index contributed by atoms with van der Waals surface area (Å²) in [5.74, 6) is 0. The molecular formula is C8H15ClNO+. The first-order valence-corrected chi connectivity index (χ1v) is 3.89. The summed E-state index contributed by atoms with van der Waals surface area (Å²) >= 11 is 5.21. The van der Waals surface area contributed by atoms with Gasteiger partial charge < -0.3 is 4.48 Å². The molecule has 0 unspecified atom stereocenters. The van der Waals surface area contributed by atoms with Gasteiger partial charge in [0.25, 0.3) is 0 Å². The molecule has 0 aliphatic heterocycles. The molecule has 0 aliphatic carbocycles. The summed E-state index contributed by atoms with van der Waals surface area (Å²) in [6, 6.07) is 0. The summed E-state index contributed by atoms with van der Waals surface area (Å²) in [5.41, 5.74) is 0.500. The molecule has 0 rings (SSSR count). The molecule has 11 heavy (non-hydrogen) atoms. The normalized spacial score (nSPS) is 11.3. The van der Waals surface area contributed by atoms with Crippen molar-refractivity contribution in [2.45, 2.75) is 6.42 Å². The van der Waals surface area contributed by atoms with Crippen molar-refractivity contribution in [1.82, 2.24) is 0 Å². The maximum Gasteiger partial charge on any atom is 0.247 e. The Labute approximate surface area is 73.0 Å². The quantitative estimate of drug-likeness (QED) is 0.360. The second-order valence-electron chi connectivity index (χ2n) is 3.64. The Morgan fingerprint density at radius 2 is 1.91 bits per heavy atom. The van der Waals surface area contributed by atoms with Crippen LogP contribution in [0.2, 0.25) is 0 Å². The first kappa shape index (κ1) is 10.7. The van der Waals surface area contributed by atoms with Crippen LogP contribution >= 0.6 is 11.6 Å². The standard InChI is InChI=1S/C8H15ClNO/c1-7(8(9)11)5-6-10(2,3)4/h1,5-6H2,2-4H3/q+1. The molecule has 0 aromatic carbocycles. The maximum atomic E-state index is 10.5. The molecule has 0 spiro atoms. The molecule has 0 amide bonds. The molecule has 0 radical (unpaired) electrons. The summed E-state index contributed by atoms with van der Waals surface area (Å²) in [5, 5.41) is -0.418. The van der Waals surface area contributed by atoms with Crippen molar-refractivity contribution < 1.29 is 9.28 Å². The Hall–Kier alpha value is -0.340. The highest BCUT2D eigenvalue weighted by molar-refractivity contribution is 6.67. The molecule has 0 aromatic rings. The fourth-order valence-corrected chi connectivity index (χ4v) is 0.663. The summed E-state index contributed by atoms with van der Waals surface area (Å²) in [7, 11) is 6.18. The Kier molecular flexibility index (Phi) is 3.76. The first-order chi connectivity index (χ1) is 4.83. The predicted octanol–water partition coefficient (Wildman–Crippen LogP) is 1.40. The van der Waals surface area contributed by atoms with E-state index in [9.17, 15) is 4.79 Å². The van der Waals surface area contributed by atoms with Gasteiger partial charge in [0, 0.05) is 12.0 Å². The van der Waals surface area contributed by atoms with Crippen molar-refractivity contribution in [2.75, 3.05) is 27.7 Å². The first-order valence-electron chi connectivity index (χ1n) is 3.51. The van der Waals surface area contributed by atoms with E-state index >= 15 is 0 Å². The van der Waals surface area contributed by atoms with E-state index in [0.29, 0.717) is 12.0 Å². The average Bonchev–Trinajstić information content (AvgIpc) is 1.80. The van der Waals surface area contributed by atoms with E-state index in [-0.39, 0.29) is 0 Å². The van der Waals surface area contributed by atoms with Crippen LogP contribution in [0.3, 0.4) is 0 Å². The fraction of sp³-hybridized carbons (Fsp3) is 0.625. The molecule has 64 valence electrons. The topological polar surface area (TPSA) is 17.1 Å². The van der Waals surface area contributed by atoms with Crippen LogP contribution in [0.5, 0.6) is 0 Å². The fourth-order valence-electron chi connectivity index (χ4n) is 0.569. The third-order valence-corrected chi connectivity index (χ3v) is 1.63. The monoisotopic (exact) mass is 176 g/mol. The van der Waals surface area contributed by atoms with E-state index in [1.54, 1.807) is 0 Å². The van der Waals surface area contributed by atoms with Crippen molar-refractivity contribution in [3.63, 3.8) is 0 Å². The molecule has 0 bridgehead atoms. The second kappa shape index (κ2) is 3.88. The molecule has 0 N–H and O–H groups in total. The van der Waals surface area contributed by atoms with E-state index < -0.39 is 5.24 Å². The van der Waals surface area contributed by atoms with Crippen LogP contribution in [-0.2, 0) is 4.79 Å². The number of hydrogen-bond donors (Lipinski definition) is 0. The van der Waals surface area contributed by atoms with Gasteiger partial charge in [-0.3, -0.25) is 4.79 Å². The van der Waals surface area contributed by atoms with Gasteiger partial charge in [-0.15, -0.1) is 0 Å². The van der Waals surface area contributed by atoms with Crippen LogP contribution < -0.4 is 0 Å². The Balaban J connectivity index is 3.73. The third-order valence-electron chi connectivity index (χ3n) is 1.36. The minimum Gasteiger partial charge on any atom is -0.331 e. The van der Waals surface area contributed by atoms with E-state index in [1.807, 2.05) is 0 Å². The molecule has 0 saturated carbocycles. The molecule has 0 saturated heterocycles. The Morgan fingerprint density at radius 1 is 1.45 bits per heavy atom. The van der Waals surface area contributed by atoms with Crippen LogP contribution in [0.15, 0.2) is 12.2 Å². The lowest BCUT2D eigenvalue weighted by Crippen LogP contribution is -2.35. The van der Waals surface area contributed by atoms with Crippen LogP contribution in [0.4, 0.5) is 0 Å². The van der Waals surface area contributed by atoms with Crippen LogP contribution in [0.1, 0.15) is 6.42 Å². The van der Waals surface area contributed by atoms with Gasteiger partial charge in [0.2, 0.25) is 5.24 Å². The second-order valence-corrected chi connectivity index (χ2v) is 3.98. The Bertz CT molecular complexity index is 169. The van der Waals surface area contributed by atoms with Crippen LogP contribution in [0, 0.1) is 0 Å². The van der Waals surface area contributed by atoms with Crippen molar-refractivity contribution in [1.29, 1.82) is 0 Å². The van der Waals surface area contributed by atoms with Gasteiger partial charge in [0.1, 0.15) is 0 Å². The van der Waals surface area contributed by atoms with E-state index in [1.165, 1.54) is 0 Å². The largest absolute Gasteiger partial charge is 0.331 e. The van der Waals surface area contributed by atoms with Gasteiger partial charge in [0.05, 0.1) is 27.7 Å². The number of quaternary nitrogens is 1. The maximum absolute atomic E-state index is 10.5. The van der Waals surface area contributed by atoms with Gasteiger partial charge in [-0.2, -0.15) is 0 Å². The Morgan fingerprint density at radius 3 is 2.18 bits per heavy atom. The highest BCUT2D eigenvalue weighted by Gasteiger charge is 2.10. The SMILES string of the molecule is C=C(CC[N+](C)(C)C)C(=O)Cl. The number of halogens is 1. The van der Waals surface area contributed by atoms with Crippen molar-refractivity contribution >= 4 is 16.8 Å². The zero-order valence-corrected chi connectivity index (χ0v) is 8.11. The highest BCUT2D eigenvalue weighted by Crippen LogP contribution is 2.05. The summed E-state index contributed by atoms with van der Waals surface area (Å²) in [6.45, 7) is 4.45. The molecule has 3 heteroatoms. The zero-order chi connectivity index (χ0) is 9.07. The van der Waals surface area contributed by atoms with E-state index in [2.05, 4.69) is 27.7 Å². The predicted molar refractivity (Wildman–Crippen MR) is 47.5 cm³/mol. The molecule has 0 heterocycles. The minimum atomic E-state index is -0.418. The smallest absolute Gasteiger partial charge is 0.247 e. The molecular weight excluding hydrogens is 162 g/mol. The number of carbonyl (C=O) groups excluding carboxylic acids is 1. The molecule has 2 nitrogen and oxygen atoms in total. The number of carbonyl (C=O) groups is 1. The number of rotatable bonds is 4. The van der Waals surface area contributed by atoms with Gasteiger partial charge in [0.15, 0.2) is 0 Å². The molecule has 0 aliphatic rings. The number of hydrogen-bond acceptors (Lipinski definition) is 1. The minimum absolute atomic E-state index is 0.418. The number of nitrogens with zero attached hydrogens (tertiary/aromatic N) is 1. The van der Waals surface area contributed by atoms with Crippen LogP contribution in [0.25, 0.3) is 0 Å². The van der Waals surface area contributed by atoms with E-state index in [4.69, 9.17) is 11.6 Å². The summed E-state index contributed by atoms with van der Waals surface area (Å²) < 4.78 is 0.823. The van der Waals surface area contributed by atoms with Gasteiger partial charge in [-0.05, 0) is 11.6 Å².